The van der Waals surface area contributed by atoms with E-state index in [1.165, 1.54) is 0 Å². The summed E-state index contributed by atoms with van der Waals surface area (Å²) >= 11 is 0. The maximum atomic E-state index is 5.81. The third-order valence-corrected chi connectivity index (χ3v) is 3.25. The molecule has 1 atom stereocenters. The monoisotopic (exact) mass is 267 g/mol. The van der Waals surface area contributed by atoms with Gasteiger partial charge in [-0.05, 0) is 11.6 Å². The van der Waals surface area contributed by atoms with E-state index in [2.05, 4.69) is 5.32 Å². The van der Waals surface area contributed by atoms with Crippen molar-refractivity contribution in [3.05, 3.63) is 23.3 Å². The van der Waals surface area contributed by atoms with Gasteiger partial charge in [-0.15, -0.1) is 0 Å². The van der Waals surface area contributed by atoms with Gasteiger partial charge in [-0.3, -0.25) is 0 Å². The molecule has 19 heavy (non-hydrogen) atoms. The molecule has 0 radical (unpaired) electrons. The minimum Gasteiger partial charge on any atom is -0.493 e. The fourth-order valence-electron chi connectivity index (χ4n) is 2.37. The summed E-state index contributed by atoms with van der Waals surface area (Å²) in [7, 11) is 4.94. The number of hydrogen-bond acceptors (Lipinski definition) is 5. The molecule has 0 spiro atoms. The zero-order chi connectivity index (χ0) is 13.7. The summed E-state index contributed by atoms with van der Waals surface area (Å²) in [5.41, 5.74) is 2.07. The minimum absolute atomic E-state index is 0.0266. The smallest absolute Gasteiger partial charge is 0.166 e. The molecule has 0 bridgehead atoms. The second-order valence-electron chi connectivity index (χ2n) is 4.37. The van der Waals surface area contributed by atoms with Crippen LogP contribution in [0.3, 0.4) is 0 Å². The van der Waals surface area contributed by atoms with Gasteiger partial charge in [-0.25, -0.2) is 0 Å². The van der Waals surface area contributed by atoms with Gasteiger partial charge in [0.1, 0.15) is 0 Å². The first kappa shape index (κ1) is 14.1. The molecule has 1 unspecified atom stereocenters. The Morgan fingerprint density at radius 3 is 2.68 bits per heavy atom. The first-order valence-corrected chi connectivity index (χ1v) is 6.36. The number of rotatable bonds is 5. The van der Waals surface area contributed by atoms with Crippen LogP contribution in [0.5, 0.6) is 11.5 Å². The summed E-state index contributed by atoms with van der Waals surface area (Å²) in [6.07, 6.45) is 0.0266. The molecule has 1 aromatic rings. The Morgan fingerprint density at radius 2 is 2.11 bits per heavy atom. The maximum absolute atomic E-state index is 5.81. The highest BCUT2D eigenvalue weighted by atomic mass is 16.5. The zero-order valence-electron chi connectivity index (χ0n) is 11.7. The van der Waals surface area contributed by atoms with E-state index in [1.54, 1.807) is 21.3 Å². The van der Waals surface area contributed by atoms with Crippen molar-refractivity contribution in [2.45, 2.75) is 12.7 Å². The lowest BCUT2D eigenvalue weighted by molar-refractivity contribution is 0.0258. The minimum atomic E-state index is 0.0266. The SMILES string of the molecule is COCc1c(C2CNCCO2)ccc(OC)c1OC. The predicted molar refractivity (Wildman–Crippen MR) is 71.8 cm³/mol. The lowest BCUT2D eigenvalue weighted by Gasteiger charge is -2.27. The van der Waals surface area contributed by atoms with Gasteiger partial charge in [0, 0.05) is 25.8 Å². The molecule has 2 rings (SSSR count). The molecule has 1 saturated heterocycles. The molecule has 1 heterocycles. The summed E-state index contributed by atoms with van der Waals surface area (Å²) in [6, 6.07) is 3.93. The second-order valence-corrected chi connectivity index (χ2v) is 4.37. The first-order valence-electron chi connectivity index (χ1n) is 6.36. The van der Waals surface area contributed by atoms with Crippen molar-refractivity contribution >= 4 is 0 Å². The van der Waals surface area contributed by atoms with Crippen LogP contribution >= 0.6 is 0 Å². The fourth-order valence-corrected chi connectivity index (χ4v) is 2.37. The van der Waals surface area contributed by atoms with Crippen LogP contribution in [0.2, 0.25) is 0 Å². The average molecular weight is 267 g/mol. The molecular formula is C14H21NO4. The first-order chi connectivity index (χ1) is 9.31. The standard InChI is InChI=1S/C14H21NO4/c1-16-9-11-10(13-8-15-6-7-19-13)4-5-12(17-2)14(11)18-3/h4-5,13,15H,6-9H2,1-3H3. The predicted octanol–water partition coefficient (Wildman–Crippen LogP) is 1.51. The molecule has 1 aliphatic heterocycles. The highest BCUT2D eigenvalue weighted by Gasteiger charge is 2.23. The van der Waals surface area contributed by atoms with Crippen LogP contribution in [-0.4, -0.2) is 41.0 Å². The highest BCUT2D eigenvalue weighted by Crippen LogP contribution is 2.37. The van der Waals surface area contributed by atoms with Crippen molar-refractivity contribution < 1.29 is 18.9 Å². The van der Waals surface area contributed by atoms with Crippen LogP contribution in [-0.2, 0) is 16.1 Å². The van der Waals surface area contributed by atoms with Crippen molar-refractivity contribution in [3.63, 3.8) is 0 Å². The molecule has 5 heteroatoms. The molecule has 1 aromatic carbocycles. The molecule has 106 valence electrons. The van der Waals surface area contributed by atoms with Gasteiger partial charge in [-0.1, -0.05) is 6.07 Å². The van der Waals surface area contributed by atoms with Crippen LogP contribution in [0.25, 0.3) is 0 Å². The molecule has 0 aromatic heterocycles. The second kappa shape index (κ2) is 6.75. The molecular weight excluding hydrogens is 246 g/mol. The molecule has 0 aliphatic carbocycles. The van der Waals surface area contributed by atoms with Crippen LogP contribution < -0.4 is 14.8 Å². The van der Waals surface area contributed by atoms with Crippen molar-refractivity contribution in [1.29, 1.82) is 0 Å². The van der Waals surface area contributed by atoms with Crippen LogP contribution in [0.1, 0.15) is 17.2 Å². The van der Waals surface area contributed by atoms with E-state index in [0.29, 0.717) is 19.0 Å². The Morgan fingerprint density at radius 1 is 1.26 bits per heavy atom. The lowest BCUT2D eigenvalue weighted by Crippen LogP contribution is -2.33. The van der Waals surface area contributed by atoms with Crippen molar-refractivity contribution in [3.8, 4) is 11.5 Å². The Kier molecular flexibility index (Phi) is 5.01. The van der Waals surface area contributed by atoms with Crippen LogP contribution in [0, 0.1) is 0 Å². The van der Waals surface area contributed by atoms with Gasteiger partial charge in [0.25, 0.3) is 0 Å². The third kappa shape index (κ3) is 3.00. The fraction of sp³-hybridized carbons (Fsp3) is 0.571. The van der Waals surface area contributed by atoms with Crippen molar-refractivity contribution in [1.82, 2.24) is 5.32 Å². The van der Waals surface area contributed by atoms with Gasteiger partial charge in [0.15, 0.2) is 11.5 Å². The molecule has 5 nitrogen and oxygen atoms in total. The van der Waals surface area contributed by atoms with Crippen molar-refractivity contribution in [2.24, 2.45) is 0 Å². The number of ether oxygens (including phenoxy) is 4. The highest BCUT2D eigenvalue weighted by molar-refractivity contribution is 5.51. The van der Waals surface area contributed by atoms with E-state index in [9.17, 15) is 0 Å². The maximum Gasteiger partial charge on any atom is 0.166 e. The quantitative estimate of drug-likeness (QED) is 0.876. The Labute approximate surface area is 113 Å². The number of nitrogens with one attached hydrogen (secondary N) is 1. The Hall–Kier alpha value is -1.30. The van der Waals surface area contributed by atoms with Gasteiger partial charge in [0.2, 0.25) is 0 Å². The summed E-state index contributed by atoms with van der Waals surface area (Å²) in [5, 5.41) is 3.33. The summed E-state index contributed by atoms with van der Waals surface area (Å²) in [6.45, 7) is 2.87. The van der Waals surface area contributed by atoms with Gasteiger partial charge >= 0.3 is 0 Å². The molecule has 0 saturated carbocycles. The van der Waals surface area contributed by atoms with Gasteiger partial charge in [0.05, 0.1) is 33.5 Å². The molecule has 1 N–H and O–H groups in total. The van der Waals surface area contributed by atoms with Gasteiger partial charge in [-0.2, -0.15) is 0 Å². The summed E-state index contributed by atoms with van der Waals surface area (Å²) in [4.78, 5) is 0. The van der Waals surface area contributed by atoms with Crippen molar-refractivity contribution in [2.75, 3.05) is 41.0 Å². The van der Waals surface area contributed by atoms with Gasteiger partial charge < -0.3 is 24.3 Å². The summed E-state index contributed by atoms with van der Waals surface area (Å²) in [5.74, 6) is 1.43. The molecule has 0 amide bonds. The topological polar surface area (TPSA) is 49.0 Å². The summed E-state index contributed by atoms with van der Waals surface area (Å²) < 4.78 is 21.9. The number of benzene rings is 1. The zero-order valence-corrected chi connectivity index (χ0v) is 11.7. The number of hydrogen-bond donors (Lipinski definition) is 1. The Bertz CT molecular complexity index is 416. The Balaban J connectivity index is 2.40. The lowest BCUT2D eigenvalue weighted by atomic mass is 10.00. The molecule has 1 aliphatic rings. The third-order valence-electron chi connectivity index (χ3n) is 3.25. The largest absolute Gasteiger partial charge is 0.493 e. The molecule has 1 fully saturated rings. The number of morpholine rings is 1. The average Bonchev–Trinajstić information content (AvgIpc) is 2.48. The van der Waals surface area contributed by atoms with Crippen LogP contribution in [0.4, 0.5) is 0 Å². The van der Waals surface area contributed by atoms with E-state index in [0.717, 1.165) is 30.0 Å². The normalized spacial score (nSPS) is 19.2. The van der Waals surface area contributed by atoms with E-state index >= 15 is 0 Å². The number of methoxy groups -OCH3 is 3. The van der Waals surface area contributed by atoms with Crippen LogP contribution in [0.15, 0.2) is 12.1 Å². The van der Waals surface area contributed by atoms with E-state index in [4.69, 9.17) is 18.9 Å². The van der Waals surface area contributed by atoms with E-state index in [-0.39, 0.29) is 6.10 Å². The van der Waals surface area contributed by atoms with E-state index in [1.807, 2.05) is 12.1 Å². The van der Waals surface area contributed by atoms with E-state index < -0.39 is 0 Å².